The van der Waals surface area contributed by atoms with E-state index in [4.69, 9.17) is 0 Å². The second kappa shape index (κ2) is 6.75. The summed E-state index contributed by atoms with van der Waals surface area (Å²) < 4.78 is 0. The number of benzene rings is 2. The minimum absolute atomic E-state index is 0.0708. The zero-order chi connectivity index (χ0) is 19.9. The Morgan fingerprint density at radius 2 is 0.885 bits per heavy atom. The normalized spacial score (nSPS) is 12.4. The van der Waals surface area contributed by atoms with Crippen LogP contribution >= 0.6 is 0 Å². The maximum Gasteiger partial charge on any atom is 0.161 e. The van der Waals surface area contributed by atoms with Crippen molar-refractivity contribution < 1.29 is 20.4 Å². The number of hydrogen-bond donors (Lipinski definition) is 4. The highest BCUT2D eigenvalue weighted by Gasteiger charge is 2.23. The van der Waals surface area contributed by atoms with E-state index in [2.05, 4.69) is 0 Å². The number of aromatic hydroxyl groups is 4. The summed E-state index contributed by atoms with van der Waals surface area (Å²) >= 11 is 0. The van der Waals surface area contributed by atoms with E-state index in [0.29, 0.717) is 24.0 Å². The fourth-order valence-corrected chi connectivity index (χ4v) is 3.08. The largest absolute Gasteiger partial charge is 0.504 e. The predicted molar refractivity (Wildman–Crippen MR) is 104 cm³/mol. The fraction of sp³-hybridized carbons (Fsp3) is 0.455. The van der Waals surface area contributed by atoms with Crippen molar-refractivity contribution in [2.24, 2.45) is 0 Å². The van der Waals surface area contributed by atoms with Gasteiger partial charge >= 0.3 is 0 Å². The van der Waals surface area contributed by atoms with Crippen molar-refractivity contribution in [3.8, 4) is 23.0 Å². The van der Waals surface area contributed by atoms with Crippen LogP contribution in [0.3, 0.4) is 0 Å². The van der Waals surface area contributed by atoms with Crippen molar-refractivity contribution in [3.63, 3.8) is 0 Å². The van der Waals surface area contributed by atoms with Crippen molar-refractivity contribution in [1.29, 1.82) is 0 Å². The minimum Gasteiger partial charge on any atom is -0.504 e. The van der Waals surface area contributed by atoms with Crippen LogP contribution in [0.25, 0.3) is 0 Å². The third-order valence-corrected chi connectivity index (χ3v) is 4.62. The summed E-state index contributed by atoms with van der Waals surface area (Å²) in [6.45, 7) is 11.9. The van der Waals surface area contributed by atoms with Gasteiger partial charge in [0.25, 0.3) is 0 Å². The summed E-state index contributed by atoms with van der Waals surface area (Å²) in [6.07, 6.45) is 1.29. The lowest BCUT2D eigenvalue weighted by Gasteiger charge is -2.23. The monoisotopic (exact) mass is 358 g/mol. The van der Waals surface area contributed by atoms with Crippen LogP contribution in [0.4, 0.5) is 0 Å². The lowest BCUT2D eigenvalue weighted by Crippen LogP contribution is -2.12. The molecule has 0 spiro atoms. The molecule has 26 heavy (non-hydrogen) atoms. The van der Waals surface area contributed by atoms with Gasteiger partial charge in [0.2, 0.25) is 0 Å². The minimum atomic E-state index is -0.284. The molecule has 4 nitrogen and oxygen atoms in total. The smallest absolute Gasteiger partial charge is 0.161 e. The Morgan fingerprint density at radius 1 is 0.577 bits per heavy atom. The fourth-order valence-electron chi connectivity index (χ4n) is 3.08. The number of phenols is 4. The topological polar surface area (TPSA) is 80.9 Å². The summed E-state index contributed by atoms with van der Waals surface area (Å²) in [5, 5.41) is 40.3. The van der Waals surface area contributed by atoms with Crippen LogP contribution in [0.1, 0.15) is 63.8 Å². The van der Waals surface area contributed by atoms with Crippen molar-refractivity contribution in [1.82, 2.24) is 0 Å². The summed E-state index contributed by atoms with van der Waals surface area (Å²) in [7, 11) is 0. The van der Waals surface area contributed by atoms with E-state index in [0.717, 1.165) is 11.1 Å². The molecule has 2 aromatic rings. The van der Waals surface area contributed by atoms with Gasteiger partial charge in [0.15, 0.2) is 23.0 Å². The third kappa shape index (κ3) is 4.24. The van der Waals surface area contributed by atoms with Crippen LogP contribution in [-0.4, -0.2) is 20.4 Å². The Kier molecular flexibility index (Phi) is 5.18. The zero-order valence-corrected chi connectivity index (χ0v) is 16.5. The maximum absolute atomic E-state index is 10.1. The Balaban J connectivity index is 2.33. The van der Waals surface area contributed by atoms with Gasteiger partial charge in [0, 0.05) is 11.1 Å². The number of aryl methyl sites for hydroxylation is 2. The highest BCUT2D eigenvalue weighted by molar-refractivity contribution is 5.52. The zero-order valence-electron chi connectivity index (χ0n) is 16.5. The molecule has 142 valence electrons. The number of phenolic OH excluding ortho intramolecular Hbond substituents is 4. The van der Waals surface area contributed by atoms with Gasteiger partial charge in [-0.2, -0.15) is 0 Å². The molecule has 0 amide bonds. The molecule has 2 aromatic carbocycles. The summed E-state index contributed by atoms with van der Waals surface area (Å²) in [4.78, 5) is 0. The standard InChI is InChI=1S/C22H30O4/c1-21(2,3)15-9-13(11-17(23)19(15)25)7-8-14-10-16(22(4,5)6)20(26)18(24)12-14/h9-12,23-26H,7-8H2,1-6H3. The SMILES string of the molecule is CC(C)(C)c1cc(CCc2cc(O)c(O)c(C(C)(C)C)c2)cc(O)c1O. The second-order valence-corrected chi connectivity index (χ2v) is 9.02. The van der Waals surface area contributed by atoms with Crippen molar-refractivity contribution in [2.75, 3.05) is 0 Å². The lowest BCUT2D eigenvalue weighted by atomic mass is 9.83. The molecule has 0 aliphatic carbocycles. The third-order valence-electron chi connectivity index (χ3n) is 4.62. The second-order valence-electron chi connectivity index (χ2n) is 9.02. The predicted octanol–water partition coefficient (Wildman–Crippen LogP) is 4.89. The first-order chi connectivity index (χ1) is 11.8. The van der Waals surface area contributed by atoms with Crippen LogP contribution in [0, 0.1) is 0 Å². The van der Waals surface area contributed by atoms with Crippen molar-refractivity contribution in [3.05, 3.63) is 46.5 Å². The van der Waals surface area contributed by atoms with E-state index >= 15 is 0 Å². The van der Waals surface area contributed by atoms with Gasteiger partial charge in [0.1, 0.15) is 0 Å². The van der Waals surface area contributed by atoms with Gasteiger partial charge < -0.3 is 20.4 Å². The average molecular weight is 358 g/mol. The molecule has 0 fully saturated rings. The number of rotatable bonds is 3. The van der Waals surface area contributed by atoms with E-state index in [9.17, 15) is 20.4 Å². The molecule has 4 heteroatoms. The van der Waals surface area contributed by atoms with Crippen LogP contribution in [0.15, 0.2) is 24.3 Å². The van der Waals surface area contributed by atoms with Crippen LogP contribution < -0.4 is 0 Å². The molecule has 0 radical (unpaired) electrons. The molecule has 0 aliphatic rings. The van der Waals surface area contributed by atoms with E-state index in [1.54, 1.807) is 12.1 Å². The van der Waals surface area contributed by atoms with Crippen molar-refractivity contribution >= 4 is 0 Å². The molecule has 0 aromatic heterocycles. The van der Waals surface area contributed by atoms with Crippen LogP contribution in [0.5, 0.6) is 23.0 Å². The Bertz CT molecular complexity index is 739. The molecule has 0 saturated carbocycles. The molecule has 0 aliphatic heterocycles. The first-order valence-corrected chi connectivity index (χ1v) is 8.91. The van der Waals surface area contributed by atoms with Gasteiger partial charge in [-0.1, -0.05) is 53.7 Å². The van der Waals surface area contributed by atoms with Gasteiger partial charge in [-0.05, 0) is 46.9 Å². The number of hydrogen-bond acceptors (Lipinski definition) is 4. The molecular formula is C22H30O4. The van der Waals surface area contributed by atoms with Crippen LogP contribution in [0.2, 0.25) is 0 Å². The molecule has 0 atom stereocenters. The van der Waals surface area contributed by atoms with E-state index in [1.807, 2.05) is 53.7 Å². The summed E-state index contributed by atoms with van der Waals surface area (Å²) in [5.74, 6) is -0.371. The van der Waals surface area contributed by atoms with Gasteiger partial charge in [-0.3, -0.25) is 0 Å². The quantitative estimate of drug-likeness (QED) is 0.589. The van der Waals surface area contributed by atoms with E-state index in [1.165, 1.54) is 0 Å². The summed E-state index contributed by atoms with van der Waals surface area (Å²) in [5.41, 5.74) is 2.67. The molecule has 2 rings (SSSR count). The highest BCUT2D eigenvalue weighted by atomic mass is 16.3. The molecule has 0 bridgehead atoms. The van der Waals surface area contributed by atoms with Gasteiger partial charge in [-0.15, -0.1) is 0 Å². The van der Waals surface area contributed by atoms with E-state index < -0.39 is 0 Å². The average Bonchev–Trinajstić information content (AvgIpc) is 2.49. The van der Waals surface area contributed by atoms with Gasteiger partial charge in [-0.25, -0.2) is 0 Å². The molecule has 4 N–H and O–H groups in total. The molecule has 0 saturated heterocycles. The lowest BCUT2D eigenvalue weighted by molar-refractivity contribution is 0.387. The highest BCUT2D eigenvalue weighted by Crippen LogP contribution is 2.40. The van der Waals surface area contributed by atoms with E-state index in [-0.39, 0.29) is 33.8 Å². The Morgan fingerprint density at radius 3 is 1.15 bits per heavy atom. The van der Waals surface area contributed by atoms with Gasteiger partial charge in [0.05, 0.1) is 0 Å². The van der Waals surface area contributed by atoms with Crippen LogP contribution in [-0.2, 0) is 23.7 Å². The molecule has 0 heterocycles. The first-order valence-electron chi connectivity index (χ1n) is 8.91. The maximum atomic E-state index is 10.1. The first kappa shape index (κ1) is 20.0. The Hall–Kier alpha value is -2.36. The summed E-state index contributed by atoms with van der Waals surface area (Å²) in [6, 6.07) is 6.99. The Labute approximate surface area is 155 Å². The van der Waals surface area contributed by atoms with Crippen molar-refractivity contribution in [2.45, 2.75) is 65.2 Å². The molecule has 0 unspecified atom stereocenters. The molecular weight excluding hydrogens is 328 g/mol.